The third-order valence-electron chi connectivity index (χ3n) is 3.21. The number of hydrogen-bond acceptors (Lipinski definition) is 2. The number of carbonyl (C=O) groups excluding carboxylic acids is 1. The molecule has 0 bridgehead atoms. The van der Waals surface area contributed by atoms with Crippen LogP contribution in [0.1, 0.15) is 59.8 Å². The molecule has 0 saturated carbocycles. The van der Waals surface area contributed by atoms with E-state index in [1.165, 1.54) is 19.3 Å². The van der Waals surface area contributed by atoms with Crippen LogP contribution in [-0.4, -0.2) is 23.1 Å². The summed E-state index contributed by atoms with van der Waals surface area (Å²) in [5.41, 5.74) is 1.16. The van der Waals surface area contributed by atoms with E-state index in [0.717, 1.165) is 18.4 Å². The van der Waals surface area contributed by atoms with E-state index in [0.29, 0.717) is 0 Å². The van der Waals surface area contributed by atoms with Crippen molar-refractivity contribution in [1.29, 1.82) is 0 Å². The Morgan fingerprint density at radius 3 is 2.42 bits per heavy atom. The average molecular weight is 259 g/mol. The standard InChI is InChI=1S/C15H26NO2.Li/c1-12(2)16(13(3)4)15(17)18-11-14-9-7-5-6-8-10-14;/h9,11-13H,5-8,10H2,1-4H3;/q-1;+1. The molecule has 1 amide bonds. The summed E-state index contributed by atoms with van der Waals surface area (Å²) in [5.74, 6) is 0. The average Bonchev–Trinajstić information content (AvgIpc) is 2.53. The number of carbonyl (C=O) groups is 1. The van der Waals surface area contributed by atoms with E-state index < -0.39 is 0 Å². The maximum absolute atomic E-state index is 12.0. The van der Waals surface area contributed by atoms with Crippen LogP contribution in [0.15, 0.2) is 11.6 Å². The molecule has 0 aromatic rings. The van der Waals surface area contributed by atoms with Gasteiger partial charge in [-0.15, -0.1) is 6.42 Å². The van der Waals surface area contributed by atoms with Gasteiger partial charge in [0.05, 0.1) is 0 Å². The molecule has 0 aromatic carbocycles. The van der Waals surface area contributed by atoms with Gasteiger partial charge in [0, 0.05) is 12.1 Å². The molecule has 1 aliphatic rings. The molecule has 0 saturated heterocycles. The maximum Gasteiger partial charge on any atom is 1.00 e. The summed E-state index contributed by atoms with van der Waals surface area (Å²) < 4.78 is 5.32. The summed E-state index contributed by atoms with van der Waals surface area (Å²) in [7, 11) is 0. The molecule has 3 nitrogen and oxygen atoms in total. The number of nitrogens with zero attached hydrogens (tertiary/aromatic N) is 1. The van der Waals surface area contributed by atoms with Crippen LogP contribution in [0.5, 0.6) is 0 Å². The van der Waals surface area contributed by atoms with Gasteiger partial charge in [0.25, 0.3) is 0 Å². The minimum Gasteiger partial charge on any atom is -0.511 e. The fraction of sp³-hybridized carbons (Fsp3) is 0.733. The Morgan fingerprint density at radius 1 is 1.21 bits per heavy atom. The van der Waals surface area contributed by atoms with E-state index in [1.54, 1.807) is 11.5 Å². The molecular formula is C15H26LiNO2. The molecule has 0 aliphatic heterocycles. The van der Waals surface area contributed by atoms with Gasteiger partial charge in [-0.1, -0.05) is 32.3 Å². The minimum absolute atomic E-state index is 0. The third kappa shape index (κ3) is 6.45. The quantitative estimate of drug-likeness (QED) is 0.562. The molecule has 0 atom stereocenters. The zero-order chi connectivity index (χ0) is 13.5. The van der Waals surface area contributed by atoms with Crippen LogP contribution in [0.25, 0.3) is 0 Å². The van der Waals surface area contributed by atoms with Crippen molar-refractivity contribution < 1.29 is 28.4 Å². The minimum atomic E-state index is -0.245. The fourth-order valence-electron chi connectivity index (χ4n) is 2.35. The first-order chi connectivity index (χ1) is 8.52. The molecule has 0 fully saturated rings. The molecule has 19 heavy (non-hydrogen) atoms. The SMILES string of the molecule is CC(C)N(C(=O)O[CH-]C1=CCCCCC1)C(C)C.[Li+]. The number of hydrogen-bond donors (Lipinski definition) is 0. The van der Waals surface area contributed by atoms with Gasteiger partial charge >= 0.3 is 25.0 Å². The Hall–Kier alpha value is -0.523. The third-order valence-corrected chi connectivity index (χ3v) is 3.21. The second kappa shape index (κ2) is 9.39. The Morgan fingerprint density at radius 2 is 1.84 bits per heavy atom. The van der Waals surface area contributed by atoms with Gasteiger partial charge in [-0.25, -0.2) is 10.9 Å². The summed E-state index contributed by atoms with van der Waals surface area (Å²) in [6, 6.07) is 0.322. The van der Waals surface area contributed by atoms with Gasteiger partial charge < -0.3 is 9.64 Å². The van der Waals surface area contributed by atoms with E-state index in [2.05, 4.69) is 6.08 Å². The number of allylic oxidation sites excluding steroid dienone is 1. The normalized spacial score (nSPS) is 15.4. The molecule has 4 heteroatoms. The van der Waals surface area contributed by atoms with Crippen LogP contribution in [0.4, 0.5) is 4.79 Å². The Labute approximate surface area is 129 Å². The molecule has 0 spiro atoms. The molecule has 0 heterocycles. The van der Waals surface area contributed by atoms with Crippen LogP contribution in [0.2, 0.25) is 0 Å². The second-order valence-corrected chi connectivity index (χ2v) is 5.47. The molecule has 1 aliphatic carbocycles. The van der Waals surface area contributed by atoms with Gasteiger partial charge in [-0.05, 0) is 27.7 Å². The van der Waals surface area contributed by atoms with Gasteiger partial charge in [0.15, 0.2) is 0 Å². The van der Waals surface area contributed by atoms with Crippen molar-refractivity contribution in [2.45, 2.75) is 71.9 Å². The largest absolute Gasteiger partial charge is 1.00 e. The summed E-state index contributed by atoms with van der Waals surface area (Å²) >= 11 is 0. The fourth-order valence-corrected chi connectivity index (χ4v) is 2.35. The van der Waals surface area contributed by atoms with Crippen LogP contribution in [0.3, 0.4) is 0 Å². The van der Waals surface area contributed by atoms with Crippen LogP contribution < -0.4 is 18.9 Å². The van der Waals surface area contributed by atoms with Gasteiger partial charge in [0.2, 0.25) is 0 Å². The van der Waals surface area contributed by atoms with Crippen molar-refractivity contribution in [1.82, 2.24) is 4.90 Å². The predicted molar refractivity (Wildman–Crippen MR) is 74.1 cm³/mol. The zero-order valence-electron chi connectivity index (χ0n) is 13.1. The van der Waals surface area contributed by atoms with E-state index in [9.17, 15) is 4.79 Å². The van der Waals surface area contributed by atoms with Gasteiger partial charge in [-0.3, -0.25) is 0 Å². The molecule has 0 radical (unpaired) electrons. The Kier molecular flexibility index (Phi) is 9.13. The van der Waals surface area contributed by atoms with Crippen molar-refractivity contribution in [2.24, 2.45) is 0 Å². The summed E-state index contributed by atoms with van der Waals surface area (Å²) in [5, 5.41) is 0. The molecule has 0 aromatic heterocycles. The molecular weight excluding hydrogens is 233 g/mol. The Balaban J connectivity index is 0.00000324. The van der Waals surface area contributed by atoms with Gasteiger partial charge in [-0.2, -0.15) is 5.57 Å². The van der Waals surface area contributed by atoms with Crippen molar-refractivity contribution in [3.8, 4) is 0 Å². The first kappa shape index (κ1) is 18.5. The number of rotatable bonds is 4. The van der Waals surface area contributed by atoms with E-state index in [1.807, 2.05) is 27.7 Å². The molecule has 0 N–H and O–H groups in total. The van der Waals surface area contributed by atoms with E-state index >= 15 is 0 Å². The monoisotopic (exact) mass is 259 g/mol. The molecule has 0 unspecified atom stereocenters. The molecule has 104 valence electrons. The summed E-state index contributed by atoms with van der Waals surface area (Å²) in [6.07, 6.45) is 7.78. The molecule has 1 rings (SSSR count). The van der Waals surface area contributed by atoms with E-state index in [-0.39, 0.29) is 37.0 Å². The first-order valence-corrected chi connectivity index (χ1v) is 7.03. The smallest absolute Gasteiger partial charge is 0.511 e. The van der Waals surface area contributed by atoms with Crippen LogP contribution >= 0.6 is 0 Å². The number of ether oxygens (including phenoxy) is 1. The zero-order valence-corrected chi connectivity index (χ0v) is 13.1. The van der Waals surface area contributed by atoms with Crippen molar-refractivity contribution in [2.75, 3.05) is 0 Å². The predicted octanol–water partition coefficient (Wildman–Crippen LogP) is 1.30. The van der Waals surface area contributed by atoms with Crippen molar-refractivity contribution >= 4 is 6.09 Å². The van der Waals surface area contributed by atoms with Crippen molar-refractivity contribution in [3.05, 3.63) is 18.3 Å². The Bertz CT molecular complexity index is 293. The summed E-state index contributed by atoms with van der Waals surface area (Å²) in [4.78, 5) is 13.8. The van der Waals surface area contributed by atoms with Gasteiger partial charge in [0.1, 0.15) is 0 Å². The topological polar surface area (TPSA) is 29.5 Å². The first-order valence-electron chi connectivity index (χ1n) is 7.03. The van der Waals surface area contributed by atoms with E-state index in [4.69, 9.17) is 4.74 Å². The number of amides is 1. The van der Waals surface area contributed by atoms with Crippen LogP contribution in [0, 0.1) is 6.61 Å². The summed E-state index contributed by atoms with van der Waals surface area (Å²) in [6.45, 7) is 9.67. The second-order valence-electron chi connectivity index (χ2n) is 5.47. The van der Waals surface area contributed by atoms with Crippen molar-refractivity contribution in [3.63, 3.8) is 0 Å². The maximum atomic E-state index is 12.0. The van der Waals surface area contributed by atoms with Crippen LogP contribution in [-0.2, 0) is 4.74 Å².